The van der Waals surface area contributed by atoms with E-state index in [1.807, 2.05) is 0 Å². The van der Waals surface area contributed by atoms with Gasteiger partial charge in [0.15, 0.2) is 0 Å². The lowest BCUT2D eigenvalue weighted by molar-refractivity contribution is 0.0551. The van der Waals surface area contributed by atoms with Gasteiger partial charge in [-0.1, -0.05) is 0 Å². The van der Waals surface area contributed by atoms with Gasteiger partial charge in [0, 0.05) is 51.1 Å². The molecule has 0 bridgehead atoms. The van der Waals surface area contributed by atoms with Crippen LogP contribution in [0.5, 0.6) is 5.75 Å². The highest BCUT2D eigenvalue weighted by atomic mass is 32.2. The van der Waals surface area contributed by atoms with Crippen LogP contribution in [0.4, 0.5) is 14.5 Å². The number of pyridine rings is 1. The molecule has 13 heteroatoms. The quantitative estimate of drug-likeness (QED) is 0.431. The molecule has 4 rings (SSSR count). The SMILES string of the molecule is CC(C)(O)CCOc1c(N2CCN(S(=O)(=O)Cc3ccncc3)CC2)cnn(-c2cc(F)cc(F)c2)c1=O. The van der Waals surface area contributed by atoms with Gasteiger partial charge in [0.1, 0.15) is 17.3 Å². The van der Waals surface area contributed by atoms with Crippen molar-refractivity contribution in [3.63, 3.8) is 0 Å². The Kier molecular flexibility index (Phi) is 8.09. The standard InChI is InChI=1S/C25H29F2N5O5S/c1-25(2,34)5-12-37-23-22(16-29-32(24(23)33)21-14-19(26)13-20(27)15-21)30-8-10-31(11-9-30)38(35,36)17-18-3-6-28-7-4-18/h3-4,6-7,13-16,34H,5,8-12,17H2,1-2H3. The summed E-state index contributed by atoms with van der Waals surface area (Å²) >= 11 is 0. The van der Waals surface area contributed by atoms with E-state index in [9.17, 15) is 27.1 Å². The number of sulfonamides is 1. The monoisotopic (exact) mass is 549 g/mol. The van der Waals surface area contributed by atoms with E-state index in [1.54, 1.807) is 30.9 Å². The van der Waals surface area contributed by atoms with E-state index in [1.165, 1.54) is 22.9 Å². The van der Waals surface area contributed by atoms with Gasteiger partial charge < -0.3 is 14.7 Å². The first-order chi connectivity index (χ1) is 17.9. The maximum Gasteiger partial charge on any atom is 0.316 e. The van der Waals surface area contributed by atoms with Crippen LogP contribution in [0, 0.1) is 11.6 Å². The molecule has 2 aromatic heterocycles. The smallest absolute Gasteiger partial charge is 0.316 e. The number of benzene rings is 1. The summed E-state index contributed by atoms with van der Waals surface area (Å²) in [7, 11) is -3.57. The number of aromatic nitrogens is 3. The Hall–Kier alpha value is -3.42. The number of nitrogens with zero attached hydrogens (tertiary/aromatic N) is 5. The number of aliphatic hydroxyl groups is 1. The molecule has 0 atom stereocenters. The zero-order valence-corrected chi connectivity index (χ0v) is 21.9. The molecule has 1 aliphatic rings. The summed E-state index contributed by atoms with van der Waals surface area (Å²) in [5.41, 5.74) is -0.946. The number of rotatable bonds is 9. The molecule has 10 nitrogen and oxygen atoms in total. The third-order valence-corrected chi connectivity index (χ3v) is 7.89. The summed E-state index contributed by atoms with van der Waals surface area (Å²) in [6.45, 7) is 4.07. The highest BCUT2D eigenvalue weighted by Crippen LogP contribution is 2.27. The normalized spacial score (nSPS) is 15.0. The Morgan fingerprint density at radius 2 is 1.68 bits per heavy atom. The lowest BCUT2D eigenvalue weighted by Gasteiger charge is -2.35. The first-order valence-electron chi connectivity index (χ1n) is 12.0. The van der Waals surface area contributed by atoms with E-state index in [2.05, 4.69) is 10.1 Å². The van der Waals surface area contributed by atoms with E-state index in [0.29, 0.717) is 17.3 Å². The second kappa shape index (κ2) is 11.1. The number of hydrogen-bond donors (Lipinski definition) is 1. The van der Waals surface area contributed by atoms with Crippen molar-refractivity contribution in [2.24, 2.45) is 0 Å². The van der Waals surface area contributed by atoms with Crippen molar-refractivity contribution < 1.29 is 27.0 Å². The van der Waals surface area contributed by atoms with E-state index in [0.717, 1.165) is 16.8 Å². The third kappa shape index (κ3) is 6.71. The van der Waals surface area contributed by atoms with E-state index < -0.39 is 32.8 Å². The second-order valence-corrected chi connectivity index (χ2v) is 11.6. The number of hydrogen-bond acceptors (Lipinski definition) is 8. The third-order valence-electron chi connectivity index (χ3n) is 6.04. The van der Waals surface area contributed by atoms with Crippen LogP contribution in [-0.2, 0) is 15.8 Å². The van der Waals surface area contributed by atoms with Crippen molar-refractivity contribution in [2.45, 2.75) is 31.6 Å². The fraction of sp³-hybridized carbons (Fsp3) is 0.400. The molecular weight excluding hydrogens is 520 g/mol. The second-order valence-electron chi connectivity index (χ2n) is 9.61. The molecule has 0 aliphatic carbocycles. The first-order valence-corrected chi connectivity index (χ1v) is 13.6. The minimum atomic E-state index is -3.57. The maximum atomic E-state index is 13.8. The fourth-order valence-corrected chi connectivity index (χ4v) is 5.54. The van der Waals surface area contributed by atoms with Crippen molar-refractivity contribution >= 4 is 15.7 Å². The minimum Gasteiger partial charge on any atom is -0.486 e. The summed E-state index contributed by atoms with van der Waals surface area (Å²) in [4.78, 5) is 19.1. The molecule has 38 heavy (non-hydrogen) atoms. The molecule has 0 spiro atoms. The number of anilines is 1. The van der Waals surface area contributed by atoms with Crippen LogP contribution in [0.1, 0.15) is 25.8 Å². The number of piperazine rings is 1. The highest BCUT2D eigenvalue weighted by molar-refractivity contribution is 7.88. The molecule has 1 aliphatic heterocycles. The molecule has 0 radical (unpaired) electrons. The van der Waals surface area contributed by atoms with Gasteiger partial charge in [0.05, 0.1) is 29.8 Å². The van der Waals surface area contributed by atoms with Gasteiger partial charge in [-0.2, -0.15) is 14.1 Å². The van der Waals surface area contributed by atoms with Crippen LogP contribution in [0.15, 0.2) is 53.7 Å². The summed E-state index contributed by atoms with van der Waals surface area (Å²) in [6.07, 6.45) is 4.64. The van der Waals surface area contributed by atoms with Crippen molar-refractivity contribution in [1.29, 1.82) is 0 Å². The predicted molar refractivity (Wildman–Crippen MR) is 137 cm³/mol. The summed E-state index contributed by atoms with van der Waals surface area (Å²) in [5, 5.41) is 14.2. The van der Waals surface area contributed by atoms with Crippen molar-refractivity contribution in [1.82, 2.24) is 19.1 Å². The van der Waals surface area contributed by atoms with Crippen molar-refractivity contribution in [3.05, 3.63) is 76.5 Å². The zero-order valence-electron chi connectivity index (χ0n) is 21.0. The van der Waals surface area contributed by atoms with Gasteiger partial charge in [-0.15, -0.1) is 0 Å². The Morgan fingerprint density at radius 1 is 1.05 bits per heavy atom. The summed E-state index contributed by atoms with van der Waals surface area (Å²) < 4.78 is 61.5. The highest BCUT2D eigenvalue weighted by Gasteiger charge is 2.30. The Morgan fingerprint density at radius 3 is 2.29 bits per heavy atom. The first kappa shape index (κ1) is 27.6. The molecule has 1 aromatic carbocycles. The molecule has 1 saturated heterocycles. The van der Waals surface area contributed by atoms with Gasteiger partial charge in [-0.05, 0) is 43.7 Å². The van der Waals surface area contributed by atoms with E-state index in [-0.39, 0.29) is 56.4 Å². The van der Waals surface area contributed by atoms with Gasteiger partial charge in [-0.3, -0.25) is 9.78 Å². The Bertz CT molecular complexity index is 1420. The molecular formula is C25H29F2N5O5S. The van der Waals surface area contributed by atoms with E-state index in [4.69, 9.17) is 4.74 Å². The average Bonchev–Trinajstić information content (AvgIpc) is 2.84. The van der Waals surface area contributed by atoms with Gasteiger partial charge in [-0.25, -0.2) is 17.2 Å². The molecule has 0 amide bonds. The Balaban J connectivity index is 1.58. The fourth-order valence-electron chi connectivity index (χ4n) is 4.03. The average molecular weight is 550 g/mol. The minimum absolute atomic E-state index is 0.00641. The van der Waals surface area contributed by atoms with Gasteiger partial charge in [0.2, 0.25) is 15.8 Å². The van der Waals surface area contributed by atoms with Gasteiger partial charge >= 0.3 is 5.56 Å². The lowest BCUT2D eigenvalue weighted by Crippen LogP contribution is -2.49. The van der Waals surface area contributed by atoms with Crippen LogP contribution in [0.25, 0.3) is 5.69 Å². The van der Waals surface area contributed by atoms with Crippen molar-refractivity contribution in [3.8, 4) is 11.4 Å². The van der Waals surface area contributed by atoms with Gasteiger partial charge in [0.25, 0.3) is 0 Å². The molecule has 0 unspecified atom stereocenters. The zero-order chi connectivity index (χ0) is 27.5. The van der Waals surface area contributed by atoms with E-state index >= 15 is 0 Å². The summed E-state index contributed by atoms with van der Waals surface area (Å²) in [6, 6.07) is 5.94. The molecule has 204 valence electrons. The van der Waals surface area contributed by atoms with Crippen LogP contribution in [-0.4, -0.2) is 71.0 Å². The van der Waals surface area contributed by atoms with Crippen LogP contribution < -0.4 is 15.2 Å². The predicted octanol–water partition coefficient (Wildman–Crippen LogP) is 2.10. The topological polar surface area (TPSA) is 118 Å². The molecule has 0 saturated carbocycles. The Labute approximate surface area is 219 Å². The number of halogens is 2. The molecule has 1 fully saturated rings. The molecule has 3 aromatic rings. The summed E-state index contributed by atoms with van der Waals surface area (Å²) in [5.74, 6) is -2.00. The largest absolute Gasteiger partial charge is 0.486 e. The molecule has 3 heterocycles. The maximum absolute atomic E-state index is 13.8. The van der Waals surface area contributed by atoms with Crippen LogP contribution in [0.3, 0.4) is 0 Å². The molecule has 1 N–H and O–H groups in total. The van der Waals surface area contributed by atoms with Crippen LogP contribution >= 0.6 is 0 Å². The van der Waals surface area contributed by atoms with Crippen molar-refractivity contribution in [2.75, 3.05) is 37.7 Å². The van der Waals surface area contributed by atoms with Crippen LogP contribution in [0.2, 0.25) is 0 Å². The lowest BCUT2D eigenvalue weighted by atomic mass is 10.1. The number of ether oxygens (including phenoxy) is 1.